The molecule has 0 saturated carbocycles. The van der Waals surface area contributed by atoms with Gasteiger partial charge in [0.1, 0.15) is 5.38 Å². The molecule has 2 aromatic rings. The predicted molar refractivity (Wildman–Crippen MR) is 85.4 cm³/mol. The molecular weight excluding hydrogens is 282 g/mol. The standard InChI is InChI=1S/C18H18ClNO/c19-17(15-9-5-2-6-10-15)18(21)20-12-11-16(13-20)14-7-3-1-4-8-14/h1-10,16-17H,11-13H2. The second kappa shape index (κ2) is 6.31. The Morgan fingerprint density at radius 2 is 1.67 bits per heavy atom. The van der Waals surface area contributed by atoms with E-state index in [0.29, 0.717) is 5.92 Å². The zero-order valence-corrected chi connectivity index (χ0v) is 12.5. The van der Waals surface area contributed by atoms with Gasteiger partial charge in [-0.2, -0.15) is 0 Å². The summed E-state index contributed by atoms with van der Waals surface area (Å²) in [6.45, 7) is 1.55. The number of rotatable bonds is 3. The van der Waals surface area contributed by atoms with Gasteiger partial charge in [-0.15, -0.1) is 11.6 Å². The highest BCUT2D eigenvalue weighted by atomic mass is 35.5. The molecule has 3 heteroatoms. The summed E-state index contributed by atoms with van der Waals surface area (Å²) in [6.07, 6.45) is 1.01. The number of halogens is 1. The van der Waals surface area contributed by atoms with Gasteiger partial charge in [-0.1, -0.05) is 60.7 Å². The molecular formula is C18H18ClNO. The average molecular weight is 300 g/mol. The number of amides is 1. The van der Waals surface area contributed by atoms with Crippen LogP contribution in [-0.2, 0) is 4.79 Å². The van der Waals surface area contributed by atoms with Gasteiger partial charge in [-0.05, 0) is 17.5 Å². The van der Waals surface area contributed by atoms with Crippen LogP contribution in [0.4, 0.5) is 0 Å². The first kappa shape index (κ1) is 14.2. The normalized spacial score (nSPS) is 19.5. The van der Waals surface area contributed by atoms with E-state index in [1.54, 1.807) is 0 Å². The van der Waals surface area contributed by atoms with Crippen LogP contribution in [0.25, 0.3) is 0 Å². The molecule has 2 atom stereocenters. The smallest absolute Gasteiger partial charge is 0.245 e. The Morgan fingerprint density at radius 3 is 2.33 bits per heavy atom. The van der Waals surface area contributed by atoms with Gasteiger partial charge < -0.3 is 4.90 Å². The van der Waals surface area contributed by atoms with Gasteiger partial charge in [0, 0.05) is 19.0 Å². The third kappa shape index (κ3) is 3.11. The number of carbonyl (C=O) groups excluding carboxylic acids is 1. The topological polar surface area (TPSA) is 20.3 Å². The van der Waals surface area contributed by atoms with Crippen LogP contribution in [0.2, 0.25) is 0 Å². The van der Waals surface area contributed by atoms with Gasteiger partial charge in [-0.3, -0.25) is 4.79 Å². The van der Waals surface area contributed by atoms with Crippen molar-refractivity contribution in [3.8, 4) is 0 Å². The monoisotopic (exact) mass is 299 g/mol. The third-order valence-electron chi connectivity index (χ3n) is 4.08. The lowest BCUT2D eigenvalue weighted by Crippen LogP contribution is -2.31. The van der Waals surface area contributed by atoms with Crippen molar-refractivity contribution < 1.29 is 4.79 Å². The van der Waals surface area contributed by atoms with E-state index in [1.165, 1.54) is 5.56 Å². The summed E-state index contributed by atoms with van der Waals surface area (Å²) in [4.78, 5) is 14.4. The molecule has 0 bridgehead atoms. The third-order valence-corrected chi connectivity index (χ3v) is 4.52. The number of carbonyl (C=O) groups is 1. The molecule has 1 amide bonds. The van der Waals surface area contributed by atoms with Crippen molar-refractivity contribution in [2.75, 3.05) is 13.1 Å². The minimum atomic E-state index is -0.583. The second-order valence-electron chi connectivity index (χ2n) is 5.45. The minimum Gasteiger partial charge on any atom is -0.340 e. The zero-order chi connectivity index (χ0) is 14.7. The van der Waals surface area contributed by atoms with Crippen LogP contribution in [-0.4, -0.2) is 23.9 Å². The molecule has 1 aliphatic rings. The van der Waals surface area contributed by atoms with E-state index in [2.05, 4.69) is 12.1 Å². The van der Waals surface area contributed by atoms with Gasteiger partial charge in [-0.25, -0.2) is 0 Å². The van der Waals surface area contributed by atoms with Crippen molar-refractivity contribution in [1.82, 2.24) is 4.90 Å². The van der Waals surface area contributed by atoms with Crippen LogP contribution in [0, 0.1) is 0 Å². The molecule has 0 radical (unpaired) electrons. The summed E-state index contributed by atoms with van der Waals surface area (Å²) in [6, 6.07) is 19.9. The highest BCUT2D eigenvalue weighted by Gasteiger charge is 2.31. The summed E-state index contributed by atoms with van der Waals surface area (Å²) in [5, 5.41) is -0.583. The summed E-state index contributed by atoms with van der Waals surface area (Å²) in [5.74, 6) is 0.441. The largest absolute Gasteiger partial charge is 0.340 e. The Labute approximate surface area is 130 Å². The molecule has 21 heavy (non-hydrogen) atoms. The maximum absolute atomic E-state index is 12.5. The maximum Gasteiger partial charge on any atom is 0.245 e. The molecule has 0 spiro atoms. The summed E-state index contributed by atoms with van der Waals surface area (Å²) in [7, 11) is 0. The van der Waals surface area contributed by atoms with E-state index < -0.39 is 5.38 Å². The molecule has 3 rings (SSSR count). The lowest BCUT2D eigenvalue weighted by molar-refractivity contribution is -0.129. The number of hydrogen-bond donors (Lipinski definition) is 0. The van der Waals surface area contributed by atoms with Crippen molar-refractivity contribution >= 4 is 17.5 Å². The molecule has 1 heterocycles. The fourth-order valence-electron chi connectivity index (χ4n) is 2.88. The molecule has 1 aliphatic heterocycles. The Balaban J connectivity index is 1.67. The zero-order valence-electron chi connectivity index (χ0n) is 11.8. The van der Waals surface area contributed by atoms with E-state index >= 15 is 0 Å². The lowest BCUT2D eigenvalue weighted by Gasteiger charge is -2.20. The number of benzene rings is 2. The average Bonchev–Trinajstić information content (AvgIpc) is 3.05. The molecule has 1 saturated heterocycles. The summed E-state index contributed by atoms with van der Waals surface area (Å²) >= 11 is 6.34. The van der Waals surface area contributed by atoms with Crippen LogP contribution >= 0.6 is 11.6 Å². The number of likely N-dealkylation sites (tertiary alicyclic amines) is 1. The number of alkyl halides is 1. The fourth-order valence-corrected chi connectivity index (χ4v) is 3.17. The van der Waals surface area contributed by atoms with Gasteiger partial charge in [0.05, 0.1) is 0 Å². The first-order chi connectivity index (χ1) is 10.3. The van der Waals surface area contributed by atoms with Crippen molar-refractivity contribution in [2.24, 2.45) is 0 Å². The number of nitrogens with zero attached hydrogens (tertiary/aromatic N) is 1. The predicted octanol–water partition coefficient (Wildman–Crippen LogP) is 3.98. The van der Waals surface area contributed by atoms with Crippen LogP contribution in [0.1, 0.15) is 28.8 Å². The summed E-state index contributed by atoms with van der Waals surface area (Å²) in [5.41, 5.74) is 2.17. The van der Waals surface area contributed by atoms with Gasteiger partial charge in [0.15, 0.2) is 0 Å². The van der Waals surface area contributed by atoms with Crippen molar-refractivity contribution in [1.29, 1.82) is 0 Å². The Kier molecular flexibility index (Phi) is 4.26. The maximum atomic E-state index is 12.5. The summed E-state index contributed by atoms with van der Waals surface area (Å²) < 4.78 is 0. The van der Waals surface area contributed by atoms with Gasteiger partial charge in [0.25, 0.3) is 0 Å². The van der Waals surface area contributed by atoms with Crippen LogP contribution in [0.15, 0.2) is 60.7 Å². The van der Waals surface area contributed by atoms with Gasteiger partial charge >= 0.3 is 0 Å². The van der Waals surface area contributed by atoms with E-state index in [-0.39, 0.29) is 5.91 Å². The van der Waals surface area contributed by atoms with E-state index in [9.17, 15) is 4.79 Å². The molecule has 2 nitrogen and oxygen atoms in total. The van der Waals surface area contributed by atoms with Crippen LogP contribution in [0.3, 0.4) is 0 Å². The molecule has 2 aromatic carbocycles. The quantitative estimate of drug-likeness (QED) is 0.785. The Bertz CT molecular complexity index is 599. The molecule has 0 N–H and O–H groups in total. The van der Waals surface area contributed by atoms with Crippen molar-refractivity contribution in [2.45, 2.75) is 17.7 Å². The lowest BCUT2D eigenvalue weighted by atomic mass is 9.99. The van der Waals surface area contributed by atoms with E-state index in [0.717, 1.165) is 25.1 Å². The van der Waals surface area contributed by atoms with Crippen molar-refractivity contribution in [3.05, 3.63) is 71.8 Å². The molecule has 2 unspecified atom stereocenters. The highest BCUT2D eigenvalue weighted by molar-refractivity contribution is 6.30. The van der Waals surface area contributed by atoms with Crippen LogP contribution in [0.5, 0.6) is 0 Å². The van der Waals surface area contributed by atoms with Crippen molar-refractivity contribution in [3.63, 3.8) is 0 Å². The Morgan fingerprint density at radius 1 is 1.05 bits per heavy atom. The molecule has 0 aromatic heterocycles. The van der Waals surface area contributed by atoms with Gasteiger partial charge in [0.2, 0.25) is 5.91 Å². The minimum absolute atomic E-state index is 0.0151. The number of hydrogen-bond acceptors (Lipinski definition) is 1. The fraction of sp³-hybridized carbons (Fsp3) is 0.278. The van der Waals surface area contributed by atoms with E-state index in [1.807, 2.05) is 53.4 Å². The molecule has 1 fully saturated rings. The second-order valence-corrected chi connectivity index (χ2v) is 5.89. The first-order valence-electron chi connectivity index (χ1n) is 7.28. The molecule has 0 aliphatic carbocycles. The SMILES string of the molecule is O=C(C(Cl)c1ccccc1)N1CCC(c2ccccc2)C1. The first-order valence-corrected chi connectivity index (χ1v) is 7.72. The molecule has 108 valence electrons. The van der Waals surface area contributed by atoms with E-state index in [4.69, 9.17) is 11.6 Å². The Hall–Kier alpha value is -1.80. The highest BCUT2D eigenvalue weighted by Crippen LogP contribution is 2.30. The van der Waals surface area contributed by atoms with Crippen LogP contribution < -0.4 is 0 Å².